The molecule has 1 saturated carbocycles. The summed E-state index contributed by atoms with van der Waals surface area (Å²) in [5, 5.41) is 3.76. The van der Waals surface area contributed by atoms with Crippen LogP contribution < -0.4 is 5.32 Å². The van der Waals surface area contributed by atoms with Crippen molar-refractivity contribution < 1.29 is 14.3 Å². The van der Waals surface area contributed by atoms with Crippen LogP contribution in [0.2, 0.25) is 15.1 Å². The summed E-state index contributed by atoms with van der Waals surface area (Å²) in [5.74, 6) is -0.712. The van der Waals surface area contributed by atoms with Crippen molar-refractivity contribution in [1.29, 1.82) is 0 Å². The summed E-state index contributed by atoms with van der Waals surface area (Å²) >= 11 is 19.0. The Morgan fingerprint density at radius 1 is 1.17 bits per heavy atom. The van der Waals surface area contributed by atoms with Gasteiger partial charge in [0.15, 0.2) is 6.61 Å². The number of hydrogen-bond acceptors (Lipinski definition) is 4. The van der Waals surface area contributed by atoms with Crippen LogP contribution in [0.3, 0.4) is 0 Å². The van der Waals surface area contributed by atoms with Gasteiger partial charge in [-0.25, -0.2) is 0 Å². The van der Waals surface area contributed by atoms with Gasteiger partial charge in [-0.05, 0) is 25.0 Å². The Morgan fingerprint density at radius 3 is 2.57 bits per heavy atom. The van der Waals surface area contributed by atoms with E-state index < -0.39 is 5.97 Å². The lowest BCUT2D eigenvalue weighted by atomic mass is 10.2. The van der Waals surface area contributed by atoms with E-state index in [1.807, 2.05) is 0 Å². The number of halogens is 3. The van der Waals surface area contributed by atoms with Crippen molar-refractivity contribution in [1.82, 2.24) is 5.32 Å². The van der Waals surface area contributed by atoms with Crippen LogP contribution in [0.25, 0.3) is 0 Å². The molecule has 0 radical (unpaired) electrons. The third-order valence-corrected chi connectivity index (χ3v) is 5.87. The molecular formula is C15H16Cl3NO3S. The number of carbonyl (C=O) groups is 2. The Balaban J connectivity index is 1.72. The van der Waals surface area contributed by atoms with E-state index in [2.05, 4.69) is 5.32 Å². The smallest absolute Gasteiger partial charge is 0.316 e. The molecule has 126 valence electrons. The number of thioether (sulfide) groups is 1. The zero-order chi connectivity index (χ0) is 16.8. The molecule has 2 rings (SSSR count). The van der Waals surface area contributed by atoms with Gasteiger partial charge in [0, 0.05) is 10.9 Å². The van der Waals surface area contributed by atoms with Crippen LogP contribution in [0.15, 0.2) is 17.0 Å². The second-order valence-corrected chi connectivity index (χ2v) is 7.35. The monoisotopic (exact) mass is 395 g/mol. The van der Waals surface area contributed by atoms with Crippen LogP contribution in [0.1, 0.15) is 25.7 Å². The molecule has 1 aliphatic rings. The average molecular weight is 397 g/mol. The van der Waals surface area contributed by atoms with Gasteiger partial charge in [0.25, 0.3) is 5.91 Å². The van der Waals surface area contributed by atoms with E-state index in [0.29, 0.717) is 14.9 Å². The van der Waals surface area contributed by atoms with Crippen LogP contribution in [-0.2, 0) is 14.3 Å². The van der Waals surface area contributed by atoms with Crippen LogP contribution in [-0.4, -0.2) is 30.3 Å². The van der Waals surface area contributed by atoms with Crippen molar-refractivity contribution in [2.75, 3.05) is 12.4 Å². The van der Waals surface area contributed by atoms with Crippen molar-refractivity contribution in [2.24, 2.45) is 0 Å². The fourth-order valence-electron chi connectivity index (χ4n) is 2.28. The van der Waals surface area contributed by atoms with Gasteiger partial charge in [0.1, 0.15) is 0 Å². The summed E-state index contributed by atoms with van der Waals surface area (Å²) in [6.07, 6.45) is 4.24. The number of ether oxygens (including phenoxy) is 1. The van der Waals surface area contributed by atoms with Gasteiger partial charge in [-0.1, -0.05) is 47.6 Å². The van der Waals surface area contributed by atoms with E-state index in [0.717, 1.165) is 25.7 Å². The number of benzene rings is 1. The van der Waals surface area contributed by atoms with Gasteiger partial charge in [0.2, 0.25) is 0 Å². The highest BCUT2D eigenvalue weighted by Crippen LogP contribution is 2.37. The quantitative estimate of drug-likeness (QED) is 0.441. The molecule has 0 spiro atoms. The summed E-state index contributed by atoms with van der Waals surface area (Å²) in [6.45, 7) is -0.259. The van der Waals surface area contributed by atoms with Crippen molar-refractivity contribution in [3.63, 3.8) is 0 Å². The largest absolute Gasteiger partial charge is 0.455 e. The minimum absolute atomic E-state index is 0.0361. The van der Waals surface area contributed by atoms with Gasteiger partial charge < -0.3 is 10.1 Å². The van der Waals surface area contributed by atoms with E-state index in [-0.39, 0.29) is 29.3 Å². The van der Waals surface area contributed by atoms with Crippen LogP contribution in [0, 0.1) is 0 Å². The lowest BCUT2D eigenvalue weighted by Gasteiger charge is -2.12. The average Bonchev–Trinajstić information content (AvgIpc) is 3.03. The van der Waals surface area contributed by atoms with Gasteiger partial charge in [-0.3, -0.25) is 9.59 Å². The maximum atomic E-state index is 11.7. The fourth-order valence-corrected chi connectivity index (χ4v) is 3.79. The van der Waals surface area contributed by atoms with Crippen LogP contribution in [0.4, 0.5) is 0 Å². The molecule has 1 amide bonds. The van der Waals surface area contributed by atoms with E-state index in [9.17, 15) is 9.59 Å². The maximum absolute atomic E-state index is 11.7. The number of hydrogen-bond donors (Lipinski definition) is 1. The Morgan fingerprint density at radius 2 is 1.87 bits per heavy atom. The zero-order valence-corrected chi connectivity index (χ0v) is 15.3. The van der Waals surface area contributed by atoms with Gasteiger partial charge in [-0.15, -0.1) is 11.8 Å². The number of amides is 1. The second kappa shape index (κ2) is 9.02. The predicted octanol–water partition coefficient (Wildman–Crippen LogP) is 4.34. The third kappa shape index (κ3) is 5.75. The normalized spacial score (nSPS) is 14.7. The minimum Gasteiger partial charge on any atom is -0.455 e. The summed E-state index contributed by atoms with van der Waals surface area (Å²) in [6, 6.07) is 3.50. The molecule has 1 aromatic carbocycles. The zero-order valence-electron chi connectivity index (χ0n) is 12.2. The van der Waals surface area contributed by atoms with Crippen molar-refractivity contribution in [3.8, 4) is 0 Å². The first-order valence-corrected chi connectivity index (χ1v) is 9.30. The Labute approximate surface area is 154 Å². The first-order chi connectivity index (χ1) is 11.0. The highest BCUT2D eigenvalue weighted by atomic mass is 35.5. The molecule has 23 heavy (non-hydrogen) atoms. The number of rotatable bonds is 6. The molecule has 0 saturated heterocycles. The van der Waals surface area contributed by atoms with E-state index in [4.69, 9.17) is 39.5 Å². The van der Waals surface area contributed by atoms with Crippen molar-refractivity contribution in [2.45, 2.75) is 36.6 Å². The second-order valence-electron chi connectivity index (χ2n) is 5.17. The first kappa shape index (κ1) is 18.7. The van der Waals surface area contributed by atoms with E-state index in [1.165, 1.54) is 11.8 Å². The molecule has 0 bridgehead atoms. The van der Waals surface area contributed by atoms with Crippen molar-refractivity contribution >= 4 is 58.4 Å². The van der Waals surface area contributed by atoms with E-state index >= 15 is 0 Å². The molecule has 0 heterocycles. The van der Waals surface area contributed by atoms with Gasteiger partial charge in [-0.2, -0.15) is 0 Å². The molecule has 0 aliphatic heterocycles. The highest BCUT2D eigenvalue weighted by molar-refractivity contribution is 8.00. The standard InChI is InChI=1S/C15H16Cl3NO3S/c16-10-5-6-11(15(18)14(10)17)23-8-13(21)22-7-12(20)19-9-3-1-2-4-9/h5-6,9H,1-4,7-8H2,(H,19,20). The van der Waals surface area contributed by atoms with Crippen molar-refractivity contribution in [3.05, 3.63) is 27.2 Å². The summed E-state index contributed by atoms with van der Waals surface area (Å²) in [4.78, 5) is 24.0. The third-order valence-electron chi connectivity index (χ3n) is 3.43. The summed E-state index contributed by atoms with van der Waals surface area (Å²) in [7, 11) is 0. The Hall–Kier alpha value is -0.620. The SMILES string of the molecule is O=C(COC(=O)CSc1ccc(Cl)c(Cl)c1Cl)NC1CCCC1. The lowest BCUT2D eigenvalue weighted by molar-refractivity contribution is -0.146. The fraction of sp³-hybridized carbons (Fsp3) is 0.467. The topological polar surface area (TPSA) is 55.4 Å². The Bertz CT molecular complexity index is 592. The molecule has 1 N–H and O–H groups in total. The molecule has 4 nitrogen and oxygen atoms in total. The summed E-state index contributed by atoms with van der Waals surface area (Å²) < 4.78 is 4.96. The molecule has 1 aliphatic carbocycles. The predicted molar refractivity (Wildman–Crippen MR) is 93.6 cm³/mol. The molecule has 1 aromatic rings. The lowest BCUT2D eigenvalue weighted by Crippen LogP contribution is -2.36. The van der Waals surface area contributed by atoms with Gasteiger partial charge in [0.05, 0.1) is 20.8 Å². The highest BCUT2D eigenvalue weighted by Gasteiger charge is 2.18. The number of nitrogens with one attached hydrogen (secondary N) is 1. The van der Waals surface area contributed by atoms with Crippen LogP contribution >= 0.6 is 46.6 Å². The van der Waals surface area contributed by atoms with Gasteiger partial charge >= 0.3 is 5.97 Å². The van der Waals surface area contributed by atoms with Crippen LogP contribution in [0.5, 0.6) is 0 Å². The first-order valence-electron chi connectivity index (χ1n) is 7.18. The molecule has 0 aromatic heterocycles. The molecule has 8 heteroatoms. The maximum Gasteiger partial charge on any atom is 0.316 e. The number of carbonyl (C=O) groups excluding carboxylic acids is 2. The number of esters is 1. The minimum atomic E-state index is -0.487. The molecular weight excluding hydrogens is 381 g/mol. The molecule has 0 atom stereocenters. The molecule has 0 unspecified atom stereocenters. The van der Waals surface area contributed by atoms with E-state index in [1.54, 1.807) is 12.1 Å². The summed E-state index contributed by atoms with van der Waals surface area (Å²) in [5.41, 5.74) is 0. The Kier molecular flexibility index (Phi) is 7.34. The molecule has 1 fully saturated rings.